The Kier molecular flexibility index (Phi) is 31.9. The summed E-state index contributed by atoms with van der Waals surface area (Å²) in [6, 6.07) is 0. The maximum Gasteiger partial charge on any atom is 1.00 e. The van der Waals surface area contributed by atoms with Crippen LogP contribution in [0.2, 0.25) is 0 Å². The van der Waals surface area contributed by atoms with Gasteiger partial charge in [0.1, 0.15) is 6.61 Å². The summed E-state index contributed by atoms with van der Waals surface area (Å²) in [6.45, 7) is 1.49. The van der Waals surface area contributed by atoms with Crippen LogP contribution in [-0.2, 0) is 9.59 Å². The van der Waals surface area contributed by atoms with Crippen LogP contribution in [0.5, 0.6) is 0 Å². The zero-order valence-electron chi connectivity index (χ0n) is 18.2. The molecule has 26 heavy (non-hydrogen) atoms. The predicted molar refractivity (Wildman–Crippen MR) is 103 cm³/mol. The molecule has 0 rings (SSSR count). The standard InChI is InChI=1S/C18H36O2.C2H4O3.Na.H/c1-2-3-4-5-6-7-8-9-10-11-12-13-14-15-16-17-18(19)20;3-1-2(4)5;;/h2-17H2,1H3,(H,19,20);3H,1H2,(H,4,5);;/q;;+1;-1. The molecule has 0 amide bonds. The molecule has 0 aliphatic rings. The van der Waals surface area contributed by atoms with Gasteiger partial charge in [0.25, 0.3) is 0 Å². The molecule has 0 saturated carbocycles. The summed E-state index contributed by atoms with van der Waals surface area (Å²) in [5.41, 5.74) is 0. The number of carboxylic acid groups (broad SMARTS) is 2. The average molecular weight is 385 g/mol. The van der Waals surface area contributed by atoms with E-state index in [-0.39, 0.29) is 31.0 Å². The van der Waals surface area contributed by atoms with Crippen molar-refractivity contribution in [3.05, 3.63) is 0 Å². The van der Waals surface area contributed by atoms with Crippen LogP contribution in [0.3, 0.4) is 0 Å². The molecule has 0 unspecified atom stereocenters. The molecular formula is C20H41NaO5. The van der Waals surface area contributed by atoms with E-state index in [4.69, 9.17) is 20.1 Å². The number of aliphatic hydroxyl groups excluding tert-OH is 1. The minimum atomic E-state index is -1.19. The van der Waals surface area contributed by atoms with Crippen LogP contribution < -0.4 is 29.6 Å². The van der Waals surface area contributed by atoms with Gasteiger partial charge in [0.05, 0.1) is 0 Å². The van der Waals surface area contributed by atoms with Gasteiger partial charge in [-0.2, -0.15) is 0 Å². The second kappa shape index (κ2) is 27.1. The molecule has 3 N–H and O–H groups in total. The first kappa shape index (κ1) is 30.6. The van der Waals surface area contributed by atoms with Gasteiger partial charge in [-0.25, -0.2) is 4.79 Å². The first-order chi connectivity index (χ1) is 12.0. The molecule has 6 heteroatoms. The minimum Gasteiger partial charge on any atom is -1.00 e. The fraction of sp³-hybridized carbons (Fsp3) is 0.900. The Hall–Kier alpha value is -0.100. The summed E-state index contributed by atoms with van der Waals surface area (Å²) in [5.74, 6) is -1.84. The molecule has 0 aliphatic heterocycles. The monoisotopic (exact) mass is 384 g/mol. The number of unbranched alkanes of at least 4 members (excludes halogenated alkanes) is 14. The normalized spacial score (nSPS) is 9.77. The van der Waals surface area contributed by atoms with Crippen molar-refractivity contribution >= 4 is 11.9 Å². The molecule has 0 aromatic rings. The molecule has 0 saturated heterocycles. The Morgan fingerprint density at radius 2 is 0.885 bits per heavy atom. The zero-order valence-corrected chi connectivity index (χ0v) is 19.2. The minimum absolute atomic E-state index is 0. The van der Waals surface area contributed by atoms with Gasteiger partial charge < -0.3 is 16.7 Å². The molecule has 0 radical (unpaired) electrons. The molecule has 0 spiro atoms. The van der Waals surface area contributed by atoms with Gasteiger partial charge in [-0.3, -0.25) is 4.79 Å². The fourth-order valence-electron chi connectivity index (χ4n) is 2.65. The third kappa shape index (κ3) is 35.1. The number of rotatable bonds is 17. The summed E-state index contributed by atoms with van der Waals surface area (Å²) in [6.07, 6.45) is 20.2. The van der Waals surface area contributed by atoms with Crippen molar-refractivity contribution < 1.29 is 55.9 Å². The zero-order chi connectivity index (χ0) is 19.2. The van der Waals surface area contributed by atoms with E-state index < -0.39 is 18.5 Å². The van der Waals surface area contributed by atoms with Gasteiger partial charge >= 0.3 is 41.5 Å². The fourth-order valence-corrected chi connectivity index (χ4v) is 2.65. The molecule has 0 heterocycles. The number of carboxylic acids is 2. The number of hydrogen-bond acceptors (Lipinski definition) is 3. The summed E-state index contributed by atoms with van der Waals surface area (Å²) < 4.78 is 0. The Balaban J connectivity index is -0.000000333. The molecule has 0 aromatic carbocycles. The van der Waals surface area contributed by atoms with E-state index in [0.717, 1.165) is 12.8 Å². The van der Waals surface area contributed by atoms with E-state index in [1.54, 1.807) is 0 Å². The second-order valence-electron chi connectivity index (χ2n) is 6.65. The van der Waals surface area contributed by atoms with Crippen LogP contribution in [0.4, 0.5) is 0 Å². The van der Waals surface area contributed by atoms with E-state index >= 15 is 0 Å². The van der Waals surface area contributed by atoms with Crippen molar-refractivity contribution in [2.75, 3.05) is 6.61 Å². The van der Waals surface area contributed by atoms with Crippen molar-refractivity contribution in [1.82, 2.24) is 0 Å². The van der Waals surface area contributed by atoms with E-state index in [9.17, 15) is 4.79 Å². The van der Waals surface area contributed by atoms with Crippen molar-refractivity contribution in [2.45, 2.75) is 110 Å². The van der Waals surface area contributed by atoms with Crippen LogP contribution in [0.25, 0.3) is 0 Å². The topological polar surface area (TPSA) is 94.8 Å². The molecule has 5 nitrogen and oxygen atoms in total. The van der Waals surface area contributed by atoms with Gasteiger partial charge in [-0.1, -0.05) is 96.8 Å². The first-order valence-electron chi connectivity index (χ1n) is 10.1. The van der Waals surface area contributed by atoms with Crippen LogP contribution >= 0.6 is 0 Å². The summed E-state index contributed by atoms with van der Waals surface area (Å²) >= 11 is 0. The molecule has 0 atom stereocenters. The van der Waals surface area contributed by atoms with Gasteiger partial charge in [-0.15, -0.1) is 0 Å². The molecule has 0 bridgehead atoms. The Morgan fingerprint density at radius 1 is 0.615 bits per heavy atom. The van der Waals surface area contributed by atoms with E-state index in [1.165, 1.54) is 83.5 Å². The average Bonchev–Trinajstić information content (AvgIpc) is 2.58. The van der Waals surface area contributed by atoms with Gasteiger partial charge in [0.2, 0.25) is 0 Å². The third-order valence-corrected chi connectivity index (χ3v) is 4.13. The second-order valence-corrected chi connectivity index (χ2v) is 6.65. The Morgan fingerprint density at radius 3 is 1.12 bits per heavy atom. The van der Waals surface area contributed by atoms with Crippen LogP contribution in [0.1, 0.15) is 111 Å². The maximum absolute atomic E-state index is 10.3. The van der Waals surface area contributed by atoms with E-state index in [2.05, 4.69) is 6.92 Å². The Bertz CT molecular complexity index is 304. The van der Waals surface area contributed by atoms with Crippen molar-refractivity contribution in [3.63, 3.8) is 0 Å². The van der Waals surface area contributed by atoms with E-state index in [0.29, 0.717) is 6.42 Å². The number of aliphatic carboxylic acids is 2. The van der Waals surface area contributed by atoms with Crippen molar-refractivity contribution in [3.8, 4) is 0 Å². The molecule has 0 aliphatic carbocycles. The number of hydrogen-bond donors (Lipinski definition) is 3. The summed E-state index contributed by atoms with van der Waals surface area (Å²) in [4.78, 5) is 19.5. The van der Waals surface area contributed by atoms with Gasteiger partial charge in [-0.05, 0) is 6.42 Å². The molecule has 0 fully saturated rings. The van der Waals surface area contributed by atoms with Crippen molar-refractivity contribution in [2.24, 2.45) is 0 Å². The van der Waals surface area contributed by atoms with Crippen LogP contribution in [-0.4, -0.2) is 33.9 Å². The van der Waals surface area contributed by atoms with E-state index in [1.807, 2.05) is 0 Å². The van der Waals surface area contributed by atoms with Gasteiger partial charge in [0.15, 0.2) is 0 Å². The molecular weight excluding hydrogens is 343 g/mol. The quantitative estimate of drug-likeness (QED) is 0.265. The van der Waals surface area contributed by atoms with Crippen LogP contribution in [0.15, 0.2) is 0 Å². The largest absolute Gasteiger partial charge is 1.00 e. The number of aliphatic hydroxyl groups is 1. The van der Waals surface area contributed by atoms with Crippen LogP contribution in [0, 0.1) is 0 Å². The third-order valence-electron chi connectivity index (χ3n) is 4.13. The van der Waals surface area contributed by atoms with Gasteiger partial charge in [0, 0.05) is 6.42 Å². The molecule has 152 valence electrons. The molecule has 0 aromatic heterocycles. The summed E-state index contributed by atoms with van der Waals surface area (Å²) in [7, 11) is 0. The smallest absolute Gasteiger partial charge is 1.00 e. The predicted octanol–water partition coefficient (Wildman–Crippen LogP) is 2.51. The first-order valence-corrected chi connectivity index (χ1v) is 10.1. The number of carbonyl (C=O) groups is 2. The SMILES string of the molecule is CCCCCCCCCCCCCCCCCC(=O)O.O=C(O)CO.[H-].[Na+]. The summed E-state index contributed by atoms with van der Waals surface area (Å²) in [5, 5.41) is 23.5. The maximum atomic E-state index is 10.3. The van der Waals surface area contributed by atoms with Crippen molar-refractivity contribution in [1.29, 1.82) is 0 Å². The Labute approximate surface area is 183 Å².